The minimum Gasteiger partial charge on any atom is -0.493 e. The van der Waals surface area contributed by atoms with Crippen molar-refractivity contribution in [1.82, 2.24) is 10.9 Å². The molecular formula is C22H20Br2N2O5. The van der Waals surface area contributed by atoms with E-state index < -0.39 is 17.9 Å². The topological polar surface area (TPSA) is 85.9 Å². The number of fused-ring (bicyclic) bond motifs is 1. The molecule has 7 nitrogen and oxygen atoms in total. The molecule has 0 spiro atoms. The summed E-state index contributed by atoms with van der Waals surface area (Å²) in [6.07, 6.45) is -0.855. The molecule has 162 valence electrons. The molecule has 0 aromatic heterocycles. The van der Waals surface area contributed by atoms with Crippen molar-refractivity contribution in [2.45, 2.75) is 13.0 Å². The van der Waals surface area contributed by atoms with E-state index in [0.29, 0.717) is 17.2 Å². The first kappa shape index (κ1) is 22.9. The zero-order valence-corrected chi connectivity index (χ0v) is 19.9. The van der Waals surface area contributed by atoms with E-state index in [1.807, 2.05) is 24.3 Å². The Kier molecular flexibility index (Phi) is 7.75. The third-order valence-corrected chi connectivity index (χ3v) is 5.62. The zero-order chi connectivity index (χ0) is 22.4. The monoisotopic (exact) mass is 550 g/mol. The predicted molar refractivity (Wildman–Crippen MR) is 124 cm³/mol. The van der Waals surface area contributed by atoms with E-state index in [1.54, 1.807) is 37.3 Å². The second-order valence-corrected chi connectivity index (χ2v) is 8.19. The first-order valence-corrected chi connectivity index (χ1v) is 10.9. The summed E-state index contributed by atoms with van der Waals surface area (Å²) in [4.78, 5) is 24.3. The van der Waals surface area contributed by atoms with Crippen LogP contribution in [0.5, 0.6) is 17.2 Å². The lowest BCUT2D eigenvalue weighted by atomic mass is 10.1. The number of benzene rings is 3. The van der Waals surface area contributed by atoms with Crippen molar-refractivity contribution in [3.63, 3.8) is 0 Å². The summed E-state index contributed by atoms with van der Waals surface area (Å²) in [5.41, 5.74) is 4.64. The molecule has 0 aliphatic carbocycles. The Morgan fingerprint density at radius 3 is 2.45 bits per heavy atom. The summed E-state index contributed by atoms with van der Waals surface area (Å²) in [5.74, 6) is 0.421. The highest BCUT2D eigenvalue weighted by molar-refractivity contribution is 9.11. The van der Waals surface area contributed by atoms with E-state index in [1.165, 1.54) is 7.11 Å². The summed E-state index contributed by atoms with van der Waals surface area (Å²) in [5, 5.41) is 1.98. The standard InChI is InChI=1S/C22H20Br2N2O5/c1-13(31-18-6-4-3-5-17(18)29-2)22(28)26-25-20(27)12-30-19-10-7-14-11-15(23)8-9-16(14)21(19)24/h3-11,13H,12H2,1-2H3,(H,25,27)(H,26,28). The van der Waals surface area contributed by atoms with E-state index in [-0.39, 0.29) is 6.61 Å². The Morgan fingerprint density at radius 2 is 1.71 bits per heavy atom. The van der Waals surface area contributed by atoms with Crippen LogP contribution in [0.2, 0.25) is 0 Å². The number of para-hydroxylation sites is 2. The number of methoxy groups -OCH3 is 1. The maximum Gasteiger partial charge on any atom is 0.279 e. The summed E-state index contributed by atoms with van der Waals surface area (Å²) >= 11 is 6.95. The molecule has 3 rings (SSSR count). The number of carbonyl (C=O) groups is 2. The highest BCUT2D eigenvalue weighted by atomic mass is 79.9. The third-order valence-electron chi connectivity index (χ3n) is 4.31. The van der Waals surface area contributed by atoms with Gasteiger partial charge in [-0.15, -0.1) is 0 Å². The average Bonchev–Trinajstić information content (AvgIpc) is 2.77. The number of amides is 2. The van der Waals surface area contributed by atoms with Crippen molar-refractivity contribution in [1.29, 1.82) is 0 Å². The molecule has 9 heteroatoms. The van der Waals surface area contributed by atoms with E-state index in [9.17, 15) is 9.59 Å². The van der Waals surface area contributed by atoms with Gasteiger partial charge < -0.3 is 14.2 Å². The van der Waals surface area contributed by atoms with Gasteiger partial charge in [-0.05, 0) is 64.0 Å². The van der Waals surface area contributed by atoms with E-state index >= 15 is 0 Å². The van der Waals surface area contributed by atoms with Crippen LogP contribution in [0.15, 0.2) is 63.5 Å². The molecule has 0 saturated heterocycles. The highest BCUT2D eigenvalue weighted by Gasteiger charge is 2.17. The van der Waals surface area contributed by atoms with Gasteiger partial charge in [-0.3, -0.25) is 20.4 Å². The first-order valence-electron chi connectivity index (χ1n) is 9.28. The Hall–Kier alpha value is -2.78. The number of hydrogen-bond acceptors (Lipinski definition) is 5. The van der Waals surface area contributed by atoms with Gasteiger partial charge in [-0.25, -0.2) is 0 Å². The maximum atomic E-state index is 12.2. The molecule has 31 heavy (non-hydrogen) atoms. The minimum atomic E-state index is -0.855. The summed E-state index contributed by atoms with van der Waals surface area (Å²) in [6, 6.07) is 16.5. The van der Waals surface area contributed by atoms with E-state index in [4.69, 9.17) is 14.2 Å². The molecule has 0 aliphatic rings. The molecule has 0 fully saturated rings. The second-order valence-electron chi connectivity index (χ2n) is 6.48. The average molecular weight is 552 g/mol. The summed E-state index contributed by atoms with van der Waals surface area (Å²) in [6.45, 7) is 1.29. The maximum absolute atomic E-state index is 12.2. The smallest absolute Gasteiger partial charge is 0.279 e. The largest absolute Gasteiger partial charge is 0.493 e. The zero-order valence-electron chi connectivity index (χ0n) is 16.8. The van der Waals surface area contributed by atoms with Crippen LogP contribution in [-0.4, -0.2) is 31.6 Å². The fourth-order valence-corrected chi connectivity index (χ4v) is 3.71. The van der Waals surface area contributed by atoms with Crippen LogP contribution in [0.3, 0.4) is 0 Å². The Balaban J connectivity index is 1.51. The minimum absolute atomic E-state index is 0.275. The summed E-state index contributed by atoms with van der Waals surface area (Å²) < 4.78 is 18.1. The lowest BCUT2D eigenvalue weighted by Crippen LogP contribution is -2.48. The van der Waals surface area contributed by atoms with Crippen LogP contribution in [0.1, 0.15) is 6.92 Å². The lowest BCUT2D eigenvalue weighted by molar-refractivity contribution is -0.133. The van der Waals surface area contributed by atoms with Gasteiger partial charge in [-0.2, -0.15) is 0 Å². The molecular weight excluding hydrogens is 532 g/mol. The van der Waals surface area contributed by atoms with Gasteiger partial charge in [0.15, 0.2) is 24.2 Å². The molecule has 0 aliphatic heterocycles. The second kappa shape index (κ2) is 10.5. The van der Waals surface area contributed by atoms with Crippen LogP contribution in [0.25, 0.3) is 10.8 Å². The van der Waals surface area contributed by atoms with Gasteiger partial charge in [0.2, 0.25) is 0 Å². The van der Waals surface area contributed by atoms with Crippen LogP contribution in [0, 0.1) is 0 Å². The highest BCUT2D eigenvalue weighted by Crippen LogP contribution is 2.34. The first-order chi connectivity index (χ1) is 14.9. The van der Waals surface area contributed by atoms with Crippen molar-refractivity contribution in [3.8, 4) is 17.2 Å². The molecule has 0 heterocycles. The Morgan fingerprint density at radius 1 is 0.968 bits per heavy atom. The van der Waals surface area contributed by atoms with E-state index in [0.717, 1.165) is 19.7 Å². The van der Waals surface area contributed by atoms with Crippen molar-refractivity contribution in [3.05, 3.63) is 63.5 Å². The molecule has 1 atom stereocenters. The summed E-state index contributed by atoms with van der Waals surface area (Å²) in [7, 11) is 1.51. The Labute approximate surface area is 196 Å². The molecule has 0 bridgehead atoms. The van der Waals surface area contributed by atoms with Gasteiger partial charge in [0.1, 0.15) is 5.75 Å². The number of nitrogens with one attached hydrogen (secondary N) is 2. The fraction of sp³-hybridized carbons (Fsp3) is 0.182. The molecule has 2 N–H and O–H groups in total. The normalized spacial score (nSPS) is 11.5. The molecule has 3 aromatic carbocycles. The molecule has 0 radical (unpaired) electrons. The number of halogens is 2. The van der Waals surface area contributed by atoms with Crippen LogP contribution in [0.4, 0.5) is 0 Å². The fourth-order valence-electron chi connectivity index (χ4n) is 2.73. The molecule has 1 unspecified atom stereocenters. The van der Waals surface area contributed by atoms with Crippen LogP contribution in [-0.2, 0) is 9.59 Å². The predicted octanol–water partition coefficient (Wildman–Crippen LogP) is 4.37. The Bertz CT molecular complexity index is 1110. The van der Waals surface area contributed by atoms with Crippen molar-refractivity contribution in [2.75, 3.05) is 13.7 Å². The van der Waals surface area contributed by atoms with Gasteiger partial charge in [-0.1, -0.05) is 40.2 Å². The SMILES string of the molecule is COc1ccccc1OC(C)C(=O)NNC(=O)COc1ccc2cc(Br)ccc2c1Br. The molecule has 2 amide bonds. The lowest BCUT2D eigenvalue weighted by Gasteiger charge is -2.17. The van der Waals surface area contributed by atoms with Gasteiger partial charge in [0, 0.05) is 4.47 Å². The van der Waals surface area contributed by atoms with Crippen molar-refractivity contribution >= 4 is 54.4 Å². The van der Waals surface area contributed by atoms with Crippen molar-refractivity contribution in [2.24, 2.45) is 0 Å². The quantitative estimate of drug-likeness (QED) is 0.426. The van der Waals surface area contributed by atoms with Crippen LogP contribution >= 0.6 is 31.9 Å². The van der Waals surface area contributed by atoms with Crippen molar-refractivity contribution < 1.29 is 23.8 Å². The van der Waals surface area contributed by atoms with E-state index in [2.05, 4.69) is 42.7 Å². The third kappa shape index (κ3) is 5.89. The number of hydrazine groups is 1. The number of ether oxygens (including phenoxy) is 3. The number of carbonyl (C=O) groups excluding carboxylic acids is 2. The molecule has 0 saturated carbocycles. The van der Waals surface area contributed by atoms with Gasteiger partial charge in [0.25, 0.3) is 11.8 Å². The van der Waals surface area contributed by atoms with Gasteiger partial charge in [0.05, 0.1) is 11.6 Å². The number of rotatable bonds is 7. The van der Waals surface area contributed by atoms with Crippen LogP contribution < -0.4 is 25.1 Å². The molecule has 3 aromatic rings. The number of hydrogen-bond donors (Lipinski definition) is 2. The van der Waals surface area contributed by atoms with Gasteiger partial charge >= 0.3 is 0 Å².